The van der Waals surface area contributed by atoms with Crippen LogP contribution >= 0.6 is 0 Å². The quantitative estimate of drug-likeness (QED) is 0.737. The molecule has 1 unspecified atom stereocenters. The Morgan fingerprint density at radius 2 is 2.00 bits per heavy atom. The lowest BCUT2D eigenvalue weighted by Crippen LogP contribution is -2.28. The largest absolute Gasteiger partial charge is 0.376 e. The number of hydrogen-bond acceptors (Lipinski definition) is 2. The topological polar surface area (TPSA) is 29.5 Å². The molecule has 2 aliphatic rings. The second kappa shape index (κ2) is 5.67. The van der Waals surface area contributed by atoms with Crippen molar-refractivity contribution in [3.63, 3.8) is 0 Å². The lowest BCUT2D eigenvalue weighted by molar-refractivity contribution is -0.128. The first kappa shape index (κ1) is 11.9. The Morgan fingerprint density at radius 3 is 2.62 bits per heavy atom. The Balaban J connectivity index is 1.65. The second-order valence-electron chi connectivity index (χ2n) is 5.21. The van der Waals surface area contributed by atoms with Gasteiger partial charge >= 0.3 is 0 Å². The zero-order valence-corrected chi connectivity index (χ0v) is 10.3. The predicted octanol–water partition coefficient (Wildman–Crippen LogP) is 2.20. The van der Waals surface area contributed by atoms with Crippen LogP contribution in [0.3, 0.4) is 0 Å². The van der Waals surface area contributed by atoms with Crippen molar-refractivity contribution in [2.75, 3.05) is 19.7 Å². The van der Waals surface area contributed by atoms with E-state index in [9.17, 15) is 4.79 Å². The zero-order valence-electron chi connectivity index (χ0n) is 10.3. The van der Waals surface area contributed by atoms with Crippen molar-refractivity contribution in [2.45, 2.75) is 51.6 Å². The third kappa shape index (κ3) is 3.21. The molecule has 1 amide bonds. The summed E-state index contributed by atoms with van der Waals surface area (Å²) in [6.45, 7) is 4.24. The highest BCUT2D eigenvalue weighted by molar-refractivity contribution is 5.73. The van der Waals surface area contributed by atoms with Crippen molar-refractivity contribution in [2.24, 2.45) is 5.92 Å². The lowest BCUT2D eigenvalue weighted by atomic mass is 9.90. The molecule has 2 fully saturated rings. The molecule has 0 bridgehead atoms. The fourth-order valence-corrected chi connectivity index (χ4v) is 2.78. The number of hydrogen-bond donors (Lipinski definition) is 0. The standard InChI is InChI=1S/C13H23NO2/c1-11(15)14-8-7-13(9-14)16-10-12-5-3-2-4-6-12/h12-13H,2-10H2,1H3. The summed E-state index contributed by atoms with van der Waals surface area (Å²) in [7, 11) is 0. The molecule has 0 N–H and O–H groups in total. The number of carbonyl (C=O) groups is 1. The number of amides is 1. The molecule has 1 saturated carbocycles. The van der Waals surface area contributed by atoms with Gasteiger partial charge < -0.3 is 9.64 Å². The summed E-state index contributed by atoms with van der Waals surface area (Å²) < 4.78 is 5.93. The van der Waals surface area contributed by atoms with E-state index >= 15 is 0 Å². The highest BCUT2D eigenvalue weighted by Crippen LogP contribution is 2.25. The van der Waals surface area contributed by atoms with Crippen molar-refractivity contribution in [3.05, 3.63) is 0 Å². The van der Waals surface area contributed by atoms with Gasteiger partial charge in [0.25, 0.3) is 0 Å². The van der Waals surface area contributed by atoms with E-state index in [0.29, 0.717) is 6.10 Å². The molecule has 1 heterocycles. The van der Waals surface area contributed by atoms with Crippen molar-refractivity contribution in [1.82, 2.24) is 4.90 Å². The molecule has 1 aliphatic carbocycles. The van der Waals surface area contributed by atoms with Crippen LogP contribution in [0.4, 0.5) is 0 Å². The van der Waals surface area contributed by atoms with E-state index in [2.05, 4.69) is 0 Å². The van der Waals surface area contributed by atoms with Gasteiger partial charge in [-0.15, -0.1) is 0 Å². The number of likely N-dealkylation sites (tertiary alicyclic amines) is 1. The minimum Gasteiger partial charge on any atom is -0.376 e. The van der Waals surface area contributed by atoms with Gasteiger partial charge in [-0.25, -0.2) is 0 Å². The molecule has 2 rings (SSSR count). The maximum Gasteiger partial charge on any atom is 0.219 e. The Morgan fingerprint density at radius 1 is 1.25 bits per heavy atom. The fourth-order valence-electron chi connectivity index (χ4n) is 2.78. The number of carbonyl (C=O) groups excluding carboxylic acids is 1. The van der Waals surface area contributed by atoms with Crippen molar-refractivity contribution >= 4 is 5.91 Å². The Hall–Kier alpha value is -0.570. The van der Waals surface area contributed by atoms with Crippen LogP contribution in [0.2, 0.25) is 0 Å². The minimum atomic E-state index is 0.184. The second-order valence-corrected chi connectivity index (χ2v) is 5.21. The molecule has 3 heteroatoms. The van der Waals surface area contributed by atoms with Crippen molar-refractivity contribution in [1.29, 1.82) is 0 Å². The van der Waals surface area contributed by atoms with Crippen LogP contribution in [0.15, 0.2) is 0 Å². The number of rotatable bonds is 3. The fraction of sp³-hybridized carbons (Fsp3) is 0.923. The molecular formula is C13H23NO2. The molecule has 92 valence electrons. The molecule has 0 aromatic carbocycles. The molecule has 16 heavy (non-hydrogen) atoms. The first-order chi connectivity index (χ1) is 7.75. The van der Waals surface area contributed by atoms with E-state index in [4.69, 9.17) is 4.74 Å². The summed E-state index contributed by atoms with van der Waals surface area (Å²) in [5, 5.41) is 0. The van der Waals surface area contributed by atoms with E-state index in [-0.39, 0.29) is 5.91 Å². The molecule has 1 saturated heterocycles. The van der Waals surface area contributed by atoms with Gasteiger partial charge in [0.15, 0.2) is 0 Å². The molecule has 1 aliphatic heterocycles. The summed E-state index contributed by atoms with van der Waals surface area (Å²) in [6.07, 6.45) is 8.14. The molecule has 0 radical (unpaired) electrons. The minimum absolute atomic E-state index is 0.184. The van der Waals surface area contributed by atoms with Crippen molar-refractivity contribution in [3.8, 4) is 0 Å². The lowest BCUT2D eigenvalue weighted by Gasteiger charge is -2.23. The SMILES string of the molecule is CC(=O)N1CCC(OCC2CCCCC2)C1. The molecule has 1 atom stereocenters. The molecule has 0 aromatic heterocycles. The van der Waals surface area contributed by atoms with Crippen LogP contribution in [0.25, 0.3) is 0 Å². The van der Waals surface area contributed by atoms with Gasteiger partial charge in [0.05, 0.1) is 6.10 Å². The van der Waals surface area contributed by atoms with Gasteiger partial charge in [-0.05, 0) is 25.2 Å². The van der Waals surface area contributed by atoms with E-state index < -0.39 is 0 Å². The molecule has 0 aromatic rings. The maximum atomic E-state index is 11.2. The summed E-state index contributed by atoms with van der Waals surface area (Å²) in [5.41, 5.74) is 0. The van der Waals surface area contributed by atoms with E-state index in [1.165, 1.54) is 32.1 Å². The predicted molar refractivity (Wildman–Crippen MR) is 63.2 cm³/mol. The highest BCUT2D eigenvalue weighted by atomic mass is 16.5. The first-order valence-electron chi connectivity index (χ1n) is 6.63. The van der Waals surface area contributed by atoms with E-state index in [0.717, 1.165) is 32.0 Å². The van der Waals surface area contributed by atoms with E-state index in [1.54, 1.807) is 6.92 Å². The van der Waals surface area contributed by atoms with Crippen LogP contribution < -0.4 is 0 Å². The maximum absolute atomic E-state index is 11.2. The van der Waals surface area contributed by atoms with Gasteiger partial charge in [0, 0.05) is 26.6 Å². The summed E-state index contributed by atoms with van der Waals surface area (Å²) in [4.78, 5) is 13.1. The zero-order chi connectivity index (χ0) is 11.4. The van der Waals surface area contributed by atoms with Gasteiger partial charge in [-0.3, -0.25) is 4.79 Å². The van der Waals surface area contributed by atoms with Gasteiger partial charge in [-0.2, -0.15) is 0 Å². The first-order valence-corrected chi connectivity index (χ1v) is 6.63. The third-order valence-corrected chi connectivity index (χ3v) is 3.88. The van der Waals surface area contributed by atoms with Crippen LogP contribution in [0.5, 0.6) is 0 Å². The van der Waals surface area contributed by atoms with Crippen LogP contribution in [0, 0.1) is 5.92 Å². The van der Waals surface area contributed by atoms with Gasteiger partial charge in [-0.1, -0.05) is 19.3 Å². The summed E-state index contributed by atoms with van der Waals surface area (Å²) >= 11 is 0. The molecule has 3 nitrogen and oxygen atoms in total. The van der Waals surface area contributed by atoms with Crippen LogP contribution in [-0.2, 0) is 9.53 Å². The normalized spacial score (nSPS) is 27.3. The summed E-state index contributed by atoms with van der Waals surface area (Å²) in [5.74, 6) is 0.962. The molecular weight excluding hydrogens is 202 g/mol. The smallest absolute Gasteiger partial charge is 0.219 e. The number of nitrogens with zero attached hydrogens (tertiary/aromatic N) is 1. The Bertz CT molecular complexity index is 236. The summed E-state index contributed by atoms with van der Waals surface area (Å²) in [6, 6.07) is 0. The highest BCUT2D eigenvalue weighted by Gasteiger charge is 2.25. The van der Waals surface area contributed by atoms with Crippen LogP contribution in [0.1, 0.15) is 45.4 Å². The average Bonchev–Trinajstić information content (AvgIpc) is 2.76. The Labute approximate surface area is 98.1 Å². The van der Waals surface area contributed by atoms with E-state index in [1.807, 2.05) is 4.90 Å². The number of ether oxygens (including phenoxy) is 1. The van der Waals surface area contributed by atoms with Gasteiger partial charge in [0.1, 0.15) is 0 Å². The van der Waals surface area contributed by atoms with Crippen LogP contribution in [-0.4, -0.2) is 36.6 Å². The van der Waals surface area contributed by atoms with Gasteiger partial charge in [0.2, 0.25) is 5.91 Å². The third-order valence-electron chi connectivity index (χ3n) is 3.88. The van der Waals surface area contributed by atoms with Crippen molar-refractivity contribution < 1.29 is 9.53 Å². The average molecular weight is 225 g/mol. The Kier molecular flexibility index (Phi) is 4.22. The monoisotopic (exact) mass is 225 g/mol. The molecule has 0 spiro atoms.